The van der Waals surface area contributed by atoms with E-state index in [0.717, 1.165) is 81.3 Å². The molecule has 1 N–H and O–H groups in total. The van der Waals surface area contributed by atoms with Crippen LogP contribution in [0.4, 0.5) is 11.5 Å². The summed E-state index contributed by atoms with van der Waals surface area (Å²) in [6, 6.07) is 16.3. The van der Waals surface area contributed by atoms with E-state index in [0.29, 0.717) is 23.7 Å². The Bertz CT molecular complexity index is 1350. The fourth-order valence-corrected chi connectivity index (χ4v) is 6.62. The summed E-state index contributed by atoms with van der Waals surface area (Å²) in [6.07, 6.45) is 1.78. The molecule has 2 aromatic heterocycles. The molecule has 0 amide bonds. The molecule has 3 fully saturated rings. The lowest BCUT2D eigenvalue weighted by atomic mass is 10.0. The number of aryl methyl sites for hydroxylation is 1. The maximum Gasteiger partial charge on any atom is 0.129 e. The van der Waals surface area contributed by atoms with Crippen LogP contribution >= 0.6 is 0 Å². The summed E-state index contributed by atoms with van der Waals surface area (Å²) in [4.78, 5) is 19.8. The summed E-state index contributed by atoms with van der Waals surface area (Å²) in [7, 11) is 0. The fraction of sp³-hybridized carbons (Fsp3) is 0.500. The van der Waals surface area contributed by atoms with Gasteiger partial charge in [0.05, 0.1) is 11.1 Å². The van der Waals surface area contributed by atoms with Gasteiger partial charge in [-0.1, -0.05) is 6.07 Å². The molecule has 0 spiro atoms. The Morgan fingerprint density at radius 2 is 1.92 bits per heavy atom. The Balaban J connectivity index is 1.17. The van der Waals surface area contributed by atoms with E-state index in [9.17, 15) is 5.26 Å². The van der Waals surface area contributed by atoms with Crippen molar-refractivity contribution in [3.8, 4) is 6.07 Å². The molecule has 8 heteroatoms. The summed E-state index contributed by atoms with van der Waals surface area (Å²) in [5.41, 5.74) is 5.10. The van der Waals surface area contributed by atoms with Crippen LogP contribution in [-0.2, 0) is 6.54 Å². The normalized spacial score (nSPS) is 24.8. The number of aromatic nitrogens is 2. The number of nitrogens with one attached hydrogen (secondary N) is 1. The van der Waals surface area contributed by atoms with E-state index in [2.05, 4.69) is 81.0 Å². The van der Waals surface area contributed by atoms with E-state index in [-0.39, 0.29) is 0 Å². The topological polar surface area (TPSA) is 74.6 Å². The highest BCUT2D eigenvalue weighted by atomic mass is 15.4. The van der Waals surface area contributed by atoms with Crippen LogP contribution in [0.15, 0.2) is 42.6 Å². The van der Waals surface area contributed by atoms with Crippen molar-refractivity contribution < 1.29 is 0 Å². The standard InChI is InChI=1S/C30H38N8/c1-21-16-32-11-12-38(21)29-9-7-25(23(3)34-29)18-35-13-14-37-22(2)17-36(20-26(37)19-35)28-8-6-24(15-31)30-27(28)5-4-10-33-30/h4-10,21-22,26,32H,11-14,16-20H2,1-3H3. The molecule has 6 rings (SSSR count). The number of rotatable bonds is 4. The third-order valence-corrected chi connectivity index (χ3v) is 8.67. The van der Waals surface area contributed by atoms with Crippen molar-refractivity contribution in [2.45, 2.75) is 45.4 Å². The van der Waals surface area contributed by atoms with Crippen LogP contribution in [0.1, 0.15) is 30.7 Å². The van der Waals surface area contributed by atoms with Gasteiger partial charge in [-0.05, 0) is 56.7 Å². The van der Waals surface area contributed by atoms with Gasteiger partial charge in [0, 0.05) is 100.0 Å². The highest BCUT2D eigenvalue weighted by Gasteiger charge is 2.36. The SMILES string of the molecule is Cc1nc(N2CCNCC2C)ccc1CN1CCN2C(C)CN(c3ccc(C#N)c4ncccc34)CC2C1. The fourth-order valence-electron chi connectivity index (χ4n) is 6.62. The molecule has 38 heavy (non-hydrogen) atoms. The monoisotopic (exact) mass is 510 g/mol. The summed E-state index contributed by atoms with van der Waals surface area (Å²) < 4.78 is 0. The maximum atomic E-state index is 9.57. The van der Waals surface area contributed by atoms with Gasteiger partial charge in [-0.3, -0.25) is 14.8 Å². The number of benzene rings is 1. The second kappa shape index (κ2) is 10.5. The van der Waals surface area contributed by atoms with Crippen LogP contribution in [0.3, 0.4) is 0 Å². The van der Waals surface area contributed by atoms with E-state index < -0.39 is 0 Å². The Hall–Kier alpha value is -3.25. The Kier molecular flexibility index (Phi) is 6.91. The number of piperazine rings is 3. The second-order valence-corrected chi connectivity index (χ2v) is 11.2. The van der Waals surface area contributed by atoms with E-state index >= 15 is 0 Å². The molecule has 3 saturated heterocycles. The smallest absolute Gasteiger partial charge is 0.129 e. The quantitative estimate of drug-likeness (QED) is 0.574. The molecule has 1 aromatic carbocycles. The lowest BCUT2D eigenvalue weighted by molar-refractivity contribution is 0.0316. The molecule has 198 valence electrons. The van der Waals surface area contributed by atoms with Crippen molar-refractivity contribution >= 4 is 22.4 Å². The molecule has 0 saturated carbocycles. The minimum atomic E-state index is 0.462. The summed E-state index contributed by atoms with van der Waals surface area (Å²) >= 11 is 0. The number of hydrogen-bond acceptors (Lipinski definition) is 8. The maximum absolute atomic E-state index is 9.57. The molecule has 0 bridgehead atoms. The third-order valence-electron chi connectivity index (χ3n) is 8.67. The van der Waals surface area contributed by atoms with Gasteiger partial charge in [0.1, 0.15) is 11.9 Å². The van der Waals surface area contributed by atoms with Gasteiger partial charge in [0.25, 0.3) is 0 Å². The predicted molar refractivity (Wildman–Crippen MR) is 153 cm³/mol. The van der Waals surface area contributed by atoms with Crippen molar-refractivity contribution in [2.24, 2.45) is 0 Å². The molecule has 5 heterocycles. The van der Waals surface area contributed by atoms with Crippen LogP contribution in [0.25, 0.3) is 10.9 Å². The number of nitrogens with zero attached hydrogens (tertiary/aromatic N) is 7. The number of fused-ring (bicyclic) bond motifs is 2. The first-order chi connectivity index (χ1) is 18.5. The molecule has 3 aliphatic heterocycles. The molecule has 3 unspecified atom stereocenters. The van der Waals surface area contributed by atoms with Crippen molar-refractivity contribution in [1.82, 2.24) is 25.1 Å². The van der Waals surface area contributed by atoms with Gasteiger partial charge in [-0.2, -0.15) is 5.26 Å². The van der Waals surface area contributed by atoms with Crippen molar-refractivity contribution in [3.05, 3.63) is 59.4 Å². The van der Waals surface area contributed by atoms with Crippen molar-refractivity contribution in [2.75, 3.05) is 62.2 Å². The van der Waals surface area contributed by atoms with Crippen molar-refractivity contribution in [1.29, 1.82) is 5.26 Å². The first-order valence-electron chi connectivity index (χ1n) is 14.0. The molecule has 3 atom stereocenters. The first-order valence-corrected chi connectivity index (χ1v) is 14.0. The molecule has 8 nitrogen and oxygen atoms in total. The minimum absolute atomic E-state index is 0.462. The molecule has 3 aliphatic rings. The molecule has 0 aliphatic carbocycles. The average Bonchev–Trinajstić information content (AvgIpc) is 2.93. The zero-order valence-corrected chi connectivity index (χ0v) is 22.8. The minimum Gasteiger partial charge on any atom is -0.368 e. The number of hydrogen-bond donors (Lipinski definition) is 1. The third kappa shape index (κ3) is 4.71. The summed E-state index contributed by atoms with van der Waals surface area (Å²) in [6.45, 7) is 16.0. The van der Waals surface area contributed by atoms with E-state index in [1.54, 1.807) is 6.20 Å². The van der Waals surface area contributed by atoms with Crippen LogP contribution in [-0.4, -0.2) is 90.3 Å². The van der Waals surface area contributed by atoms with Gasteiger partial charge < -0.3 is 15.1 Å². The zero-order chi connectivity index (χ0) is 26.2. The molecular formula is C30H38N8. The van der Waals surface area contributed by atoms with Crippen molar-refractivity contribution in [3.63, 3.8) is 0 Å². The van der Waals surface area contributed by atoms with Crippen LogP contribution in [0.2, 0.25) is 0 Å². The Morgan fingerprint density at radius 1 is 1.03 bits per heavy atom. The Morgan fingerprint density at radius 3 is 2.74 bits per heavy atom. The number of pyridine rings is 2. The van der Waals surface area contributed by atoms with E-state index in [1.165, 1.54) is 11.3 Å². The van der Waals surface area contributed by atoms with Gasteiger partial charge in [0.2, 0.25) is 0 Å². The van der Waals surface area contributed by atoms with Crippen LogP contribution in [0, 0.1) is 18.3 Å². The van der Waals surface area contributed by atoms with E-state index in [4.69, 9.17) is 4.98 Å². The zero-order valence-electron chi connectivity index (χ0n) is 22.8. The molecular weight excluding hydrogens is 472 g/mol. The molecule has 3 aromatic rings. The first kappa shape index (κ1) is 25.1. The largest absolute Gasteiger partial charge is 0.368 e. The number of nitriles is 1. The summed E-state index contributed by atoms with van der Waals surface area (Å²) in [5.74, 6) is 1.10. The van der Waals surface area contributed by atoms with Crippen LogP contribution in [0.5, 0.6) is 0 Å². The van der Waals surface area contributed by atoms with Gasteiger partial charge in [-0.15, -0.1) is 0 Å². The molecule has 0 radical (unpaired) electrons. The highest BCUT2D eigenvalue weighted by Crippen LogP contribution is 2.32. The van der Waals surface area contributed by atoms with Gasteiger partial charge in [-0.25, -0.2) is 4.98 Å². The highest BCUT2D eigenvalue weighted by molar-refractivity contribution is 5.95. The second-order valence-electron chi connectivity index (χ2n) is 11.2. The lowest BCUT2D eigenvalue weighted by Gasteiger charge is -2.51. The lowest BCUT2D eigenvalue weighted by Crippen LogP contribution is -2.65. The predicted octanol–water partition coefficient (Wildman–Crippen LogP) is 3.00. The Labute approximate surface area is 225 Å². The van der Waals surface area contributed by atoms with Gasteiger partial charge >= 0.3 is 0 Å². The van der Waals surface area contributed by atoms with Gasteiger partial charge in [0.15, 0.2) is 0 Å². The number of anilines is 2. The van der Waals surface area contributed by atoms with Crippen LogP contribution < -0.4 is 15.1 Å². The summed E-state index contributed by atoms with van der Waals surface area (Å²) in [5, 5.41) is 14.1. The average molecular weight is 511 g/mol. The van der Waals surface area contributed by atoms with E-state index in [1.807, 2.05) is 12.1 Å².